The zero-order valence-corrected chi connectivity index (χ0v) is 9.84. The van der Waals surface area contributed by atoms with Gasteiger partial charge in [-0.2, -0.15) is 0 Å². The van der Waals surface area contributed by atoms with Crippen LogP contribution in [0.15, 0.2) is 0 Å². The molecule has 1 saturated carbocycles. The molecule has 2 N–H and O–H groups in total. The van der Waals surface area contributed by atoms with Gasteiger partial charge in [0.1, 0.15) is 0 Å². The zero-order valence-electron chi connectivity index (χ0n) is 9.84. The summed E-state index contributed by atoms with van der Waals surface area (Å²) in [5.41, 5.74) is 6.79. The molecule has 14 heavy (non-hydrogen) atoms. The van der Waals surface area contributed by atoms with E-state index in [1.165, 1.54) is 32.4 Å². The third-order valence-electron chi connectivity index (χ3n) is 4.40. The highest BCUT2D eigenvalue weighted by atomic mass is 15.2. The molecule has 0 amide bonds. The Balaban J connectivity index is 2.13. The van der Waals surface area contributed by atoms with Gasteiger partial charge >= 0.3 is 0 Å². The van der Waals surface area contributed by atoms with E-state index in [0.717, 1.165) is 12.5 Å². The number of hydrogen-bond donors (Lipinski definition) is 1. The predicted molar refractivity (Wildman–Crippen MR) is 60.2 cm³/mol. The highest BCUT2D eigenvalue weighted by molar-refractivity contribution is 5.03. The fourth-order valence-electron chi connectivity index (χ4n) is 3.26. The second-order valence-corrected chi connectivity index (χ2v) is 6.21. The zero-order chi connectivity index (χ0) is 10.4. The smallest absolute Gasteiger partial charge is 0.0125 e. The maximum Gasteiger partial charge on any atom is 0.0125 e. The Kier molecular flexibility index (Phi) is 2.39. The van der Waals surface area contributed by atoms with Crippen molar-refractivity contribution in [2.75, 3.05) is 19.6 Å². The minimum absolute atomic E-state index is 0.326. The molecule has 0 aromatic rings. The van der Waals surface area contributed by atoms with Gasteiger partial charge in [0, 0.05) is 18.6 Å². The van der Waals surface area contributed by atoms with Gasteiger partial charge in [-0.05, 0) is 51.5 Å². The van der Waals surface area contributed by atoms with Gasteiger partial charge in [-0.25, -0.2) is 0 Å². The van der Waals surface area contributed by atoms with Crippen molar-refractivity contribution in [3.63, 3.8) is 0 Å². The second kappa shape index (κ2) is 3.21. The number of rotatable bonds is 1. The molecule has 0 aromatic heterocycles. The van der Waals surface area contributed by atoms with Crippen molar-refractivity contribution in [2.45, 2.75) is 45.6 Å². The Labute approximate surface area is 87.8 Å². The van der Waals surface area contributed by atoms with Gasteiger partial charge in [0.25, 0.3) is 0 Å². The van der Waals surface area contributed by atoms with E-state index in [2.05, 4.69) is 25.7 Å². The van der Waals surface area contributed by atoms with Crippen molar-refractivity contribution in [1.29, 1.82) is 0 Å². The molecule has 0 radical (unpaired) electrons. The molecule has 1 aliphatic carbocycles. The molecular weight excluding hydrogens is 172 g/mol. The van der Waals surface area contributed by atoms with E-state index in [9.17, 15) is 0 Å². The summed E-state index contributed by atoms with van der Waals surface area (Å²) < 4.78 is 0. The maximum atomic E-state index is 5.99. The van der Waals surface area contributed by atoms with E-state index in [1.807, 2.05) is 0 Å². The summed E-state index contributed by atoms with van der Waals surface area (Å²) in [4.78, 5) is 2.63. The summed E-state index contributed by atoms with van der Waals surface area (Å²) >= 11 is 0. The van der Waals surface area contributed by atoms with Crippen molar-refractivity contribution >= 4 is 0 Å². The summed E-state index contributed by atoms with van der Waals surface area (Å²) in [6, 6.07) is 0. The van der Waals surface area contributed by atoms with Gasteiger partial charge in [0.05, 0.1) is 0 Å². The second-order valence-electron chi connectivity index (χ2n) is 6.21. The maximum absolute atomic E-state index is 5.99. The minimum Gasteiger partial charge on any atom is -0.330 e. The molecule has 82 valence electrons. The van der Waals surface area contributed by atoms with Crippen LogP contribution in [0.2, 0.25) is 0 Å². The Bertz CT molecular complexity index is 219. The van der Waals surface area contributed by atoms with Gasteiger partial charge in [-0.1, -0.05) is 6.42 Å². The van der Waals surface area contributed by atoms with Crippen molar-refractivity contribution in [1.82, 2.24) is 4.90 Å². The summed E-state index contributed by atoms with van der Waals surface area (Å²) in [5, 5.41) is 0. The van der Waals surface area contributed by atoms with Crippen LogP contribution in [0.1, 0.15) is 40.0 Å². The van der Waals surface area contributed by atoms with Crippen LogP contribution in [-0.2, 0) is 0 Å². The van der Waals surface area contributed by atoms with E-state index in [0.29, 0.717) is 11.0 Å². The lowest BCUT2D eigenvalue weighted by molar-refractivity contribution is 0.147. The molecule has 2 aliphatic rings. The van der Waals surface area contributed by atoms with E-state index in [-0.39, 0.29) is 0 Å². The van der Waals surface area contributed by atoms with Crippen LogP contribution in [0.25, 0.3) is 0 Å². The first kappa shape index (κ1) is 10.4. The Hall–Kier alpha value is -0.0800. The number of likely N-dealkylation sites (tertiary alicyclic amines) is 1. The van der Waals surface area contributed by atoms with Gasteiger partial charge in [-0.3, -0.25) is 4.90 Å². The van der Waals surface area contributed by atoms with Crippen LogP contribution in [0.4, 0.5) is 0 Å². The quantitative estimate of drug-likeness (QED) is 0.693. The predicted octanol–water partition coefficient (Wildman–Crippen LogP) is 1.85. The number of hydrogen-bond acceptors (Lipinski definition) is 2. The van der Waals surface area contributed by atoms with Crippen LogP contribution < -0.4 is 5.73 Å². The molecule has 1 heterocycles. The molecule has 0 spiro atoms. The normalized spacial score (nSPS) is 39.0. The van der Waals surface area contributed by atoms with Crippen molar-refractivity contribution < 1.29 is 0 Å². The Morgan fingerprint density at radius 3 is 2.64 bits per heavy atom. The van der Waals surface area contributed by atoms with Crippen LogP contribution in [0.3, 0.4) is 0 Å². The van der Waals surface area contributed by atoms with Gasteiger partial charge in [-0.15, -0.1) is 0 Å². The first-order valence-electron chi connectivity index (χ1n) is 5.93. The van der Waals surface area contributed by atoms with Crippen molar-refractivity contribution in [3.05, 3.63) is 0 Å². The molecule has 2 rings (SSSR count). The largest absolute Gasteiger partial charge is 0.330 e. The topological polar surface area (TPSA) is 29.3 Å². The lowest BCUT2D eigenvalue weighted by atomic mass is 9.81. The average Bonchev–Trinajstić information content (AvgIpc) is 2.56. The molecular formula is C12H24N2. The SMILES string of the molecule is CC(C)(C)N1CC2CCCC2(CN)C1. The summed E-state index contributed by atoms with van der Waals surface area (Å²) in [6.07, 6.45) is 4.17. The van der Waals surface area contributed by atoms with E-state index in [1.54, 1.807) is 0 Å². The van der Waals surface area contributed by atoms with Crippen LogP contribution in [-0.4, -0.2) is 30.1 Å². The van der Waals surface area contributed by atoms with Gasteiger partial charge < -0.3 is 5.73 Å². The fourth-order valence-corrected chi connectivity index (χ4v) is 3.26. The first-order valence-corrected chi connectivity index (χ1v) is 5.93. The van der Waals surface area contributed by atoms with E-state index >= 15 is 0 Å². The van der Waals surface area contributed by atoms with Crippen LogP contribution in [0.5, 0.6) is 0 Å². The first-order chi connectivity index (χ1) is 6.48. The lowest BCUT2D eigenvalue weighted by Crippen LogP contribution is -2.42. The van der Waals surface area contributed by atoms with E-state index < -0.39 is 0 Å². The summed E-state index contributed by atoms with van der Waals surface area (Å²) in [7, 11) is 0. The Morgan fingerprint density at radius 1 is 1.43 bits per heavy atom. The molecule has 2 heteroatoms. The minimum atomic E-state index is 0.326. The molecule has 2 unspecified atom stereocenters. The number of nitrogens with two attached hydrogens (primary N) is 1. The molecule has 1 saturated heterocycles. The van der Waals surface area contributed by atoms with Crippen LogP contribution in [0, 0.1) is 11.3 Å². The Morgan fingerprint density at radius 2 is 2.14 bits per heavy atom. The van der Waals surface area contributed by atoms with Gasteiger partial charge in [0.2, 0.25) is 0 Å². The van der Waals surface area contributed by atoms with Gasteiger partial charge in [0.15, 0.2) is 0 Å². The number of nitrogens with zero attached hydrogens (tertiary/aromatic N) is 1. The molecule has 2 nitrogen and oxygen atoms in total. The standard InChI is InChI=1S/C12H24N2/c1-11(2,3)14-7-10-5-4-6-12(10,8-13)9-14/h10H,4-9,13H2,1-3H3. The molecule has 0 aromatic carbocycles. The van der Waals surface area contributed by atoms with E-state index in [4.69, 9.17) is 5.73 Å². The monoisotopic (exact) mass is 196 g/mol. The average molecular weight is 196 g/mol. The number of fused-ring (bicyclic) bond motifs is 1. The highest BCUT2D eigenvalue weighted by Gasteiger charge is 2.50. The van der Waals surface area contributed by atoms with Crippen molar-refractivity contribution in [2.24, 2.45) is 17.1 Å². The van der Waals surface area contributed by atoms with Crippen LogP contribution >= 0.6 is 0 Å². The fraction of sp³-hybridized carbons (Fsp3) is 1.00. The third-order valence-corrected chi connectivity index (χ3v) is 4.40. The highest BCUT2D eigenvalue weighted by Crippen LogP contribution is 2.49. The molecule has 2 fully saturated rings. The van der Waals surface area contributed by atoms with Crippen molar-refractivity contribution in [3.8, 4) is 0 Å². The molecule has 2 atom stereocenters. The third kappa shape index (κ3) is 1.49. The molecule has 1 aliphatic heterocycles. The molecule has 0 bridgehead atoms. The lowest BCUT2D eigenvalue weighted by Gasteiger charge is -2.34. The summed E-state index contributed by atoms with van der Waals surface area (Å²) in [6.45, 7) is 10.4. The summed E-state index contributed by atoms with van der Waals surface area (Å²) in [5.74, 6) is 0.881.